The molecule has 25 heavy (non-hydrogen) atoms. The topological polar surface area (TPSA) is 35.5 Å². The summed E-state index contributed by atoms with van der Waals surface area (Å²) in [6, 6.07) is 15.4. The molecule has 134 valence electrons. The SMILES string of the molecule is CCCCCCOc1ccc(C(=O)CBr)c(OCc2ccccc2)c1. The van der Waals surface area contributed by atoms with Crippen LogP contribution >= 0.6 is 15.9 Å². The Morgan fingerprint density at radius 3 is 2.52 bits per heavy atom. The van der Waals surface area contributed by atoms with Gasteiger partial charge in [0.25, 0.3) is 0 Å². The summed E-state index contributed by atoms with van der Waals surface area (Å²) in [6.07, 6.45) is 4.65. The van der Waals surface area contributed by atoms with E-state index in [1.165, 1.54) is 19.3 Å². The second-order valence-corrected chi connectivity index (χ2v) is 6.46. The Bertz CT molecular complexity index is 655. The molecule has 2 aromatic carbocycles. The smallest absolute Gasteiger partial charge is 0.177 e. The number of ketones is 1. The maximum Gasteiger partial charge on any atom is 0.177 e. The van der Waals surface area contributed by atoms with Gasteiger partial charge in [0.1, 0.15) is 18.1 Å². The Morgan fingerprint density at radius 2 is 1.80 bits per heavy atom. The number of hydrogen-bond acceptors (Lipinski definition) is 3. The summed E-state index contributed by atoms with van der Waals surface area (Å²) < 4.78 is 11.7. The standard InChI is InChI=1S/C21H25BrO3/c1-2-3-4-8-13-24-18-11-12-19(20(23)15-22)21(14-18)25-16-17-9-6-5-7-10-17/h5-7,9-12,14H,2-4,8,13,15-16H2,1H3. The van der Waals surface area contributed by atoms with Crippen LogP contribution in [-0.4, -0.2) is 17.7 Å². The van der Waals surface area contributed by atoms with Crippen molar-refractivity contribution in [3.8, 4) is 11.5 Å². The van der Waals surface area contributed by atoms with Crippen LogP contribution in [-0.2, 0) is 6.61 Å². The molecule has 2 aromatic rings. The predicted molar refractivity (Wildman–Crippen MR) is 105 cm³/mol. The predicted octanol–water partition coefficient (Wildman–Crippen LogP) is 5.80. The van der Waals surface area contributed by atoms with Crippen molar-refractivity contribution in [3.63, 3.8) is 0 Å². The van der Waals surface area contributed by atoms with E-state index in [0.717, 1.165) is 17.7 Å². The van der Waals surface area contributed by atoms with Gasteiger partial charge in [-0.05, 0) is 24.1 Å². The zero-order valence-electron chi connectivity index (χ0n) is 14.7. The van der Waals surface area contributed by atoms with E-state index in [0.29, 0.717) is 24.5 Å². The summed E-state index contributed by atoms with van der Waals surface area (Å²) in [5.74, 6) is 1.31. The number of hydrogen-bond donors (Lipinski definition) is 0. The quantitative estimate of drug-likeness (QED) is 0.269. The molecular weight excluding hydrogens is 380 g/mol. The number of rotatable bonds is 11. The second kappa shape index (κ2) is 10.9. The van der Waals surface area contributed by atoms with Gasteiger partial charge in [-0.1, -0.05) is 72.4 Å². The average molecular weight is 405 g/mol. The van der Waals surface area contributed by atoms with Crippen LogP contribution in [0.4, 0.5) is 0 Å². The summed E-state index contributed by atoms with van der Waals surface area (Å²) in [4.78, 5) is 12.1. The summed E-state index contributed by atoms with van der Waals surface area (Å²) in [7, 11) is 0. The third kappa shape index (κ3) is 6.54. The lowest BCUT2D eigenvalue weighted by atomic mass is 10.1. The van der Waals surface area contributed by atoms with Crippen LogP contribution in [0.5, 0.6) is 11.5 Å². The fourth-order valence-electron chi connectivity index (χ4n) is 2.47. The number of unbranched alkanes of at least 4 members (excludes halogenated alkanes) is 3. The first kappa shape index (κ1) is 19.5. The van der Waals surface area contributed by atoms with E-state index in [9.17, 15) is 4.79 Å². The fourth-order valence-corrected chi connectivity index (χ4v) is 2.77. The highest BCUT2D eigenvalue weighted by Crippen LogP contribution is 2.27. The highest BCUT2D eigenvalue weighted by molar-refractivity contribution is 9.09. The molecule has 3 nitrogen and oxygen atoms in total. The Balaban J connectivity index is 2.04. The number of carbonyl (C=O) groups excluding carboxylic acids is 1. The minimum absolute atomic E-state index is 0.00226. The van der Waals surface area contributed by atoms with Crippen LogP contribution in [0, 0.1) is 0 Å². The normalized spacial score (nSPS) is 10.5. The summed E-state index contributed by atoms with van der Waals surface area (Å²) >= 11 is 3.23. The van der Waals surface area contributed by atoms with Gasteiger partial charge in [-0.15, -0.1) is 0 Å². The van der Waals surface area contributed by atoms with E-state index in [2.05, 4.69) is 22.9 Å². The van der Waals surface area contributed by atoms with E-state index in [1.807, 2.05) is 42.5 Å². The van der Waals surface area contributed by atoms with Gasteiger partial charge in [0.15, 0.2) is 5.78 Å². The first-order valence-corrected chi connectivity index (χ1v) is 9.89. The van der Waals surface area contributed by atoms with Crippen molar-refractivity contribution in [1.82, 2.24) is 0 Å². The van der Waals surface area contributed by atoms with Gasteiger partial charge in [-0.2, -0.15) is 0 Å². The monoisotopic (exact) mass is 404 g/mol. The van der Waals surface area contributed by atoms with E-state index in [1.54, 1.807) is 6.07 Å². The van der Waals surface area contributed by atoms with Crippen molar-refractivity contribution < 1.29 is 14.3 Å². The van der Waals surface area contributed by atoms with Gasteiger partial charge in [0, 0.05) is 6.07 Å². The second-order valence-electron chi connectivity index (χ2n) is 5.90. The highest BCUT2D eigenvalue weighted by Gasteiger charge is 2.13. The van der Waals surface area contributed by atoms with Gasteiger partial charge >= 0.3 is 0 Å². The Kier molecular flexibility index (Phi) is 8.53. The number of carbonyl (C=O) groups is 1. The Labute approximate surface area is 158 Å². The molecule has 2 rings (SSSR count). The van der Waals surface area contributed by atoms with E-state index in [4.69, 9.17) is 9.47 Å². The molecule has 0 N–H and O–H groups in total. The minimum Gasteiger partial charge on any atom is -0.493 e. The number of ether oxygens (including phenoxy) is 2. The summed E-state index contributed by atoms with van der Waals surface area (Å²) in [6.45, 7) is 3.30. The highest BCUT2D eigenvalue weighted by atomic mass is 79.9. The molecule has 0 aliphatic rings. The minimum atomic E-state index is -0.00226. The van der Waals surface area contributed by atoms with E-state index in [-0.39, 0.29) is 11.1 Å². The third-order valence-corrected chi connectivity index (χ3v) is 4.39. The molecule has 0 atom stereocenters. The third-order valence-electron chi connectivity index (χ3n) is 3.88. The van der Waals surface area contributed by atoms with Crippen LogP contribution in [0.15, 0.2) is 48.5 Å². The van der Waals surface area contributed by atoms with Crippen molar-refractivity contribution in [2.75, 3.05) is 11.9 Å². The zero-order valence-corrected chi connectivity index (χ0v) is 16.3. The average Bonchev–Trinajstić information content (AvgIpc) is 2.66. The molecule has 0 bridgehead atoms. The number of halogens is 1. The summed E-state index contributed by atoms with van der Waals surface area (Å²) in [5.41, 5.74) is 1.64. The molecule has 0 saturated carbocycles. The van der Waals surface area contributed by atoms with Crippen LogP contribution in [0.2, 0.25) is 0 Å². The van der Waals surface area contributed by atoms with Crippen LogP contribution in [0.1, 0.15) is 48.5 Å². The molecule has 0 aromatic heterocycles. The van der Waals surface area contributed by atoms with Gasteiger partial charge in [-0.3, -0.25) is 4.79 Å². The lowest BCUT2D eigenvalue weighted by Crippen LogP contribution is -2.06. The maximum atomic E-state index is 12.1. The summed E-state index contributed by atoms with van der Waals surface area (Å²) in [5, 5.41) is 0.270. The first-order chi connectivity index (χ1) is 12.2. The van der Waals surface area contributed by atoms with Crippen LogP contribution in [0.3, 0.4) is 0 Å². The molecule has 0 aliphatic carbocycles. The molecule has 0 amide bonds. The number of alkyl halides is 1. The number of Topliss-reactive ketones (excluding diaryl/α,β-unsaturated/α-hetero) is 1. The molecule has 0 aliphatic heterocycles. The first-order valence-electron chi connectivity index (χ1n) is 8.77. The fraction of sp³-hybridized carbons (Fsp3) is 0.381. The molecule has 0 fully saturated rings. The van der Waals surface area contributed by atoms with Gasteiger partial charge in [0.05, 0.1) is 17.5 Å². The van der Waals surface area contributed by atoms with Gasteiger partial charge in [-0.25, -0.2) is 0 Å². The molecular formula is C21H25BrO3. The molecule has 0 radical (unpaired) electrons. The van der Waals surface area contributed by atoms with Crippen LogP contribution in [0.25, 0.3) is 0 Å². The van der Waals surface area contributed by atoms with Crippen molar-refractivity contribution in [2.45, 2.75) is 39.2 Å². The molecule has 4 heteroatoms. The van der Waals surface area contributed by atoms with Crippen molar-refractivity contribution in [3.05, 3.63) is 59.7 Å². The van der Waals surface area contributed by atoms with Crippen molar-refractivity contribution >= 4 is 21.7 Å². The lowest BCUT2D eigenvalue weighted by Gasteiger charge is -2.13. The Morgan fingerprint density at radius 1 is 1.00 bits per heavy atom. The molecule has 0 heterocycles. The van der Waals surface area contributed by atoms with E-state index >= 15 is 0 Å². The van der Waals surface area contributed by atoms with Crippen LogP contribution < -0.4 is 9.47 Å². The molecule has 0 spiro atoms. The van der Waals surface area contributed by atoms with Gasteiger partial charge in [0.2, 0.25) is 0 Å². The number of benzene rings is 2. The van der Waals surface area contributed by atoms with Crippen molar-refractivity contribution in [2.24, 2.45) is 0 Å². The zero-order chi connectivity index (χ0) is 17.9. The largest absolute Gasteiger partial charge is 0.493 e. The van der Waals surface area contributed by atoms with E-state index < -0.39 is 0 Å². The van der Waals surface area contributed by atoms with Crippen molar-refractivity contribution in [1.29, 1.82) is 0 Å². The van der Waals surface area contributed by atoms with Gasteiger partial charge < -0.3 is 9.47 Å². The lowest BCUT2D eigenvalue weighted by molar-refractivity contribution is 0.101. The Hall–Kier alpha value is -1.81. The molecule has 0 saturated heterocycles. The molecule has 0 unspecified atom stereocenters. The maximum absolute atomic E-state index is 12.1.